The van der Waals surface area contributed by atoms with Gasteiger partial charge < -0.3 is 14.8 Å². The molecule has 0 bridgehead atoms. The second-order valence-corrected chi connectivity index (χ2v) is 8.82. The zero-order valence-electron chi connectivity index (χ0n) is 15.5. The van der Waals surface area contributed by atoms with E-state index < -0.39 is 15.9 Å². The van der Waals surface area contributed by atoms with Gasteiger partial charge in [-0.3, -0.25) is 9.10 Å². The van der Waals surface area contributed by atoms with Crippen molar-refractivity contribution in [3.63, 3.8) is 0 Å². The monoisotopic (exact) mass is 424 g/mol. The van der Waals surface area contributed by atoms with Crippen molar-refractivity contribution in [2.75, 3.05) is 30.3 Å². The third kappa shape index (κ3) is 4.88. The van der Waals surface area contributed by atoms with Crippen LogP contribution in [0.2, 0.25) is 5.02 Å². The molecule has 0 fully saturated rings. The lowest BCUT2D eigenvalue weighted by atomic mass is 10.2. The molecule has 150 valence electrons. The van der Waals surface area contributed by atoms with Crippen LogP contribution in [0.1, 0.15) is 5.56 Å². The zero-order valence-corrected chi connectivity index (χ0v) is 17.1. The maximum atomic E-state index is 12.4. The van der Waals surface area contributed by atoms with Crippen molar-refractivity contribution >= 4 is 33.2 Å². The van der Waals surface area contributed by atoms with Gasteiger partial charge in [-0.2, -0.15) is 0 Å². The number of nitrogens with zero attached hydrogens (tertiary/aromatic N) is 1. The van der Waals surface area contributed by atoms with E-state index >= 15 is 0 Å². The van der Waals surface area contributed by atoms with Gasteiger partial charge in [0.1, 0.15) is 19.3 Å². The number of anilines is 1. The summed E-state index contributed by atoms with van der Waals surface area (Å²) in [6.45, 7) is 1.94. The Balaban J connectivity index is 1.62. The van der Waals surface area contributed by atoms with E-state index in [1.807, 2.05) is 19.1 Å². The van der Waals surface area contributed by atoms with Crippen LogP contribution in [0.25, 0.3) is 0 Å². The quantitative estimate of drug-likeness (QED) is 0.769. The van der Waals surface area contributed by atoms with Gasteiger partial charge in [-0.1, -0.05) is 29.8 Å². The number of amides is 1. The minimum absolute atomic E-state index is 0.194. The van der Waals surface area contributed by atoms with Gasteiger partial charge in [-0.15, -0.1) is 0 Å². The molecule has 3 rings (SSSR count). The minimum atomic E-state index is -3.67. The van der Waals surface area contributed by atoms with Crippen LogP contribution in [0.3, 0.4) is 0 Å². The number of hydrogen-bond donors (Lipinski definition) is 1. The van der Waals surface area contributed by atoms with Crippen molar-refractivity contribution in [3.8, 4) is 11.5 Å². The molecule has 0 radical (unpaired) electrons. The molecule has 0 saturated heterocycles. The number of benzene rings is 2. The van der Waals surface area contributed by atoms with Gasteiger partial charge in [0, 0.05) is 5.02 Å². The second kappa shape index (κ2) is 8.28. The summed E-state index contributed by atoms with van der Waals surface area (Å²) in [7, 11) is -3.67. The Hall–Kier alpha value is -2.45. The van der Waals surface area contributed by atoms with Crippen molar-refractivity contribution in [2.45, 2.75) is 13.0 Å². The molecule has 1 amide bonds. The first-order chi connectivity index (χ1) is 13.2. The summed E-state index contributed by atoms with van der Waals surface area (Å²) in [6.07, 6.45) is 0.683. The fraction of sp³-hybridized carbons (Fsp3) is 0.316. The van der Waals surface area contributed by atoms with Crippen molar-refractivity contribution in [3.05, 3.63) is 53.1 Å². The molecule has 1 aliphatic rings. The van der Waals surface area contributed by atoms with E-state index in [-0.39, 0.29) is 19.2 Å². The van der Waals surface area contributed by atoms with Crippen LogP contribution in [0, 0.1) is 6.92 Å². The van der Waals surface area contributed by atoms with Crippen LogP contribution < -0.4 is 19.1 Å². The van der Waals surface area contributed by atoms with Gasteiger partial charge in [0.05, 0.1) is 18.5 Å². The maximum absolute atomic E-state index is 12.4. The first-order valence-electron chi connectivity index (χ1n) is 8.63. The van der Waals surface area contributed by atoms with Gasteiger partial charge in [0.2, 0.25) is 15.9 Å². The number of carbonyl (C=O) groups is 1. The Morgan fingerprint density at radius 1 is 1.25 bits per heavy atom. The summed E-state index contributed by atoms with van der Waals surface area (Å²) in [5, 5.41) is 3.13. The van der Waals surface area contributed by atoms with Gasteiger partial charge >= 0.3 is 0 Å². The lowest BCUT2D eigenvalue weighted by Gasteiger charge is -2.27. The number of halogens is 1. The molecule has 0 spiro atoms. The number of ether oxygens (including phenoxy) is 2. The Morgan fingerprint density at radius 2 is 1.96 bits per heavy atom. The third-order valence-electron chi connectivity index (χ3n) is 4.23. The van der Waals surface area contributed by atoms with E-state index in [2.05, 4.69) is 5.32 Å². The average Bonchev–Trinajstić information content (AvgIpc) is 2.65. The summed E-state index contributed by atoms with van der Waals surface area (Å²) in [5.41, 5.74) is 1.15. The Morgan fingerprint density at radius 3 is 2.64 bits per heavy atom. The number of fused-ring (bicyclic) bond motifs is 1. The van der Waals surface area contributed by atoms with Gasteiger partial charge in [-0.05, 0) is 36.8 Å². The Kier molecular flexibility index (Phi) is 6.00. The molecular formula is C19H21ClN2O5S. The number of para-hydroxylation sites is 2. The standard InChI is InChI=1S/C19H21ClN2O5S/c1-13-7-8-14(9-16(13)20)22(28(2,24)25)11-19(23)21-10-15-12-26-17-5-3-4-6-18(17)27-15/h3-9,15H,10-12H2,1-2H3,(H,21,23)/t15-/m0/s1. The summed E-state index contributed by atoms with van der Waals surface area (Å²) in [5.74, 6) is 0.814. The van der Waals surface area contributed by atoms with Crippen LogP contribution in [0.15, 0.2) is 42.5 Å². The highest BCUT2D eigenvalue weighted by atomic mass is 35.5. The summed E-state index contributed by atoms with van der Waals surface area (Å²) in [6, 6.07) is 12.1. The number of carbonyl (C=O) groups excluding carboxylic acids is 1. The van der Waals surface area contributed by atoms with Crippen LogP contribution in [0.5, 0.6) is 11.5 Å². The highest BCUT2D eigenvalue weighted by Crippen LogP contribution is 2.30. The molecule has 0 aromatic heterocycles. The van der Waals surface area contributed by atoms with Crippen molar-refractivity contribution < 1.29 is 22.7 Å². The summed E-state index contributed by atoms with van der Waals surface area (Å²) in [4.78, 5) is 12.4. The van der Waals surface area contributed by atoms with Crippen molar-refractivity contribution in [1.82, 2.24) is 5.32 Å². The summed E-state index contributed by atoms with van der Waals surface area (Å²) < 4.78 is 36.7. The van der Waals surface area contributed by atoms with Crippen molar-refractivity contribution in [1.29, 1.82) is 0 Å². The van der Waals surface area contributed by atoms with Crippen LogP contribution in [-0.4, -0.2) is 46.4 Å². The third-order valence-corrected chi connectivity index (χ3v) is 5.77. The molecular weight excluding hydrogens is 404 g/mol. The number of aryl methyl sites for hydroxylation is 1. The van der Waals surface area contributed by atoms with E-state index in [9.17, 15) is 13.2 Å². The minimum Gasteiger partial charge on any atom is -0.486 e. The topological polar surface area (TPSA) is 84.9 Å². The molecule has 1 N–H and O–H groups in total. The van der Waals surface area contributed by atoms with E-state index in [0.717, 1.165) is 16.1 Å². The van der Waals surface area contributed by atoms with E-state index in [1.165, 1.54) is 6.07 Å². The molecule has 7 nitrogen and oxygen atoms in total. The maximum Gasteiger partial charge on any atom is 0.240 e. The van der Waals surface area contributed by atoms with Gasteiger partial charge in [0.15, 0.2) is 11.5 Å². The lowest BCUT2D eigenvalue weighted by Crippen LogP contribution is -2.45. The first kappa shape index (κ1) is 20.3. The molecule has 0 unspecified atom stereocenters. The summed E-state index contributed by atoms with van der Waals surface area (Å²) >= 11 is 6.10. The highest BCUT2D eigenvalue weighted by Gasteiger charge is 2.24. The first-order valence-corrected chi connectivity index (χ1v) is 10.9. The second-order valence-electron chi connectivity index (χ2n) is 6.50. The number of nitrogens with one attached hydrogen (secondary N) is 1. The normalized spacial score (nSPS) is 15.8. The van der Waals surface area contributed by atoms with Crippen LogP contribution >= 0.6 is 11.6 Å². The molecule has 1 aliphatic heterocycles. The fourth-order valence-corrected chi connectivity index (χ4v) is 3.74. The molecule has 0 saturated carbocycles. The average molecular weight is 425 g/mol. The van der Waals surface area contributed by atoms with Crippen LogP contribution in [-0.2, 0) is 14.8 Å². The molecule has 28 heavy (non-hydrogen) atoms. The predicted molar refractivity (Wildman–Crippen MR) is 108 cm³/mol. The molecule has 1 atom stereocenters. The Labute approximate surface area is 169 Å². The van der Waals surface area contributed by atoms with Gasteiger partial charge in [0.25, 0.3) is 0 Å². The number of hydrogen-bond acceptors (Lipinski definition) is 5. The van der Waals surface area contributed by atoms with E-state index in [0.29, 0.717) is 28.8 Å². The molecule has 2 aromatic rings. The number of rotatable bonds is 6. The Bertz CT molecular complexity index is 980. The molecule has 2 aromatic carbocycles. The lowest BCUT2D eigenvalue weighted by molar-refractivity contribution is -0.120. The zero-order chi connectivity index (χ0) is 20.3. The predicted octanol–water partition coefficient (Wildman–Crippen LogP) is 2.37. The molecule has 0 aliphatic carbocycles. The molecule has 1 heterocycles. The van der Waals surface area contributed by atoms with Gasteiger partial charge in [-0.25, -0.2) is 8.42 Å². The largest absolute Gasteiger partial charge is 0.486 e. The van der Waals surface area contributed by atoms with E-state index in [4.69, 9.17) is 21.1 Å². The fourth-order valence-electron chi connectivity index (χ4n) is 2.71. The SMILES string of the molecule is Cc1ccc(N(CC(=O)NC[C@H]2COc3ccccc3O2)S(C)(=O)=O)cc1Cl. The van der Waals surface area contributed by atoms with Crippen LogP contribution in [0.4, 0.5) is 5.69 Å². The smallest absolute Gasteiger partial charge is 0.240 e. The van der Waals surface area contributed by atoms with Crippen molar-refractivity contribution in [2.24, 2.45) is 0 Å². The van der Waals surface area contributed by atoms with E-state index in [1.54, 1.807) is 24.3 Å². The number of sulfonamides is 1. The highest BCUT2D eigenvalue weighted by molar-refractivity contribution is 7.92. The molecule has 9 heteroatoms.